The van der Waals surface area contributed by atoms with Gasteiger partial charge in [0.2, 0.25) is 0 Å². The summed E-state index contributed by atoms with van der Waals surface area (Å²) in [5.74, 6) is 0.421. The minimum absolute atomic E-state index is 0.440. The van der Waals surface area contributed by atoms with Crippen LogP contribution in [0.15, 0.2) is 48.5 Å². The normalized spacial score (nSPS) is 21.0. The van der Waals surface area contributed by atoms with Crippen LogP contribution < -0.4 is 9.47 Å². The van der Waals surface area contributed by atoms with Gasteiger partial charge in [0.15, 0.2) is 0 Å². The van der Waals surface area contributed by atoms with Gasteiger partial charge in [0.25, 0.3) is 0 Å². The molecule has 0 aliphatic carbocycles. The molecule has 0 saturated heterocycles. The molecule has 0 radical (unpaired) electrons. The molecular formula is C20H22O4. The molecule has 4 nitrogen and oxygen atoms in total. The van der Waals surface area contributed by atoms with E-state index in [2.05, 4.69) is 6.92 Å². The summed E-state index contributed by atoms with van der Waals surface area (Å²) >= 11 is 0. The molecule has 2 aromatic rings. The Hall–Kier alpha value is -2.49. The summed E-state index contributed by atoms with van der Waals surface area (Å²) < 4.78 is 11.5. The molecule has 3 heterocycles. The van der Waals surface area contributed by atoms with E-state index in [1.807, 2.05) is 48.5 Å². The fraction of sp³-hybridized carbons (Fsp3) is 0.350. The van der Waals surface area contributed by atoms with E-state index in [0.717, 1.165) is 35.5 Å². The van der Waals surface area contributed by atoms with Gasteiger partial charge >= 0.3 is 5.97 Å². The van der Waals surface area contributed by atoms with Crippen LogP contribution >= 0.6 is 0 Å². The van der Waals surface area contributed by atoms with Gasteiger partial charge in [0.05, 0.1) is 13.2 Å². The summed E-state index contributed by atoms with van der Waals surface area (Å²) in [6.07, 6.45) is 2.00. The maximum Gasteiger partial charge on any atom is 0.315 e. The molecule has 4 heteroatoms. The predicted octanol–water partition coefficient (Wildman–Crippen LogP) is 4.09. The molecular weight excluding hydrogens is 304 g/mol. The molecule has 2 atom stereocenters. The Bertz CT molecular complexity index is 676. The highest BCUT2D eigenvalue weighted by Crippen LogP contribution is 2.28. The average molecular weight is 326 g/mol. The second-order valence-electron chi connectivity index (χ2n) is 6.32. The van der Waals surface area contributed by atoms with Crippen LogP contribution in [0, 0.1) is 5.92 Å². The SMILES string of the molecule is CC1CCCOc2ccc(cc2)C(C(=O)O)c2ccc(cc2)OC1. The number of benzene rings is 2. The lowest BCUT2D eigenvalue weighted by atomic mass is 9.91. The number of hydrogen-bond donors (Lipinski definition) is 1. The van der Waals surface area contributed by atoms with Crippen LogP contribution in [0.1, 0.15) is 36.8 Å². The van der Waals surface area contributed by atoms with Crippen LogP contribution in [-0.2, 0) is 4.79 Å². The number of rotatable bonds is 1. The minimum Gasteiger partial charge on any atom is -0.494 e. The molecule has 1 N–H and O–H groups in total. The molecule has 2 aromatic carbocycles. The molecule has 3 aliphatic heterocycles. The summed E-state index contributed by atoms with van der Waals surface area (Å²) in [5.41, 5.74) is 1.48. The maximum absolute atomic E-state index is 11.8. The molecule has 5 rings (SSSR count). The van der Waals surface area contributed by atoms with Crippen molar-refractivity contribution in [2.24, 2.45) is 5.92 Å². The zero-order valence-electron chi connectivity index (χ0n) is 13.8. The van der Waals surface area contributed by atoms with Gasteiger partial charge in [-0.3, -0.25) is 4.79 Å². The molecule has 0 aromatic heterocycles. The Labute approximate surface area is 142 Å². The van der Waals surface area contributed by atoms with E-state index in [4.69, 9.17) is 9.47 Å². The third-order valence-corrected chi connectivity index (χ3v) is 4.32. The summed E-state index contributed by atoms with van der Waals surface area (Å²) in [6.45, 7) is 3.46. The number of hydrogen-bond acceptors (Lipinski definition) is 3. The fourth-order valence-electron chi connectivity index (χ4n) is 2.93. The third kappa shape index (κ3) is 3.88. The van der Waals surface area contributed by atoms with Crippen molar-refractivity contribution in [1.29, 1.82) is 0 Å². The van der Waals surface area contributed by atoms with E-state index in [-0.39, 0.29) is 0 Å². The van der Waals surface area contributed by atoms with E-state index in [1.165, 1.54) is 0 Å². The average Bonchev–Trinajstić information content (AvgIpc) is 2.58. The van der Waals surface area contributed by atoms with Crippen molar-refractivity contribution in [1.82, 2.24) is 0 Å². The van der Waals surface area contributed by atoms with Crippen LogP contribution in [0.25, 0.3) is 0 Å². The third-order valence-electron chi connectivity index (χ3n) is 4.32. The molecule has 4 bridgehead atoms. The van der Waals surface area contributed by atoms with Crippen molar-refractivity contribution in [3.8, 4) is 11.5 Å². The van der Waals surface area contributed by atoms with Crippen molar-refractivity contribution in [2.45, 2.75) is 25.7 Å². The minimum atomic E-state index is -0.868. The number of carboxylic acid groups (broad SMARTS) is 1. The van der Waals surface area contributed by atoms with E-state index in [0.29, 0.717) is 19.1 Å². The highest BCUT2D eigenvalue weighted by Gasteiger charge is 2.22. The largest absolute Gasteiger partial charge is 0.494 e. The monoisotopic (exact) mass is 326 g/mol. The van der Waals surface area contributed by atoms with Crippen LogP contribution in [-0.4, -0.2) is 24.3 Å². The molecule has 0 fully saturated rings. The van der Waals surface area contributed by atoms with Gasteiger partial charge in [-0.2, -0.15) is 0 Å². The highest BCUT2D eigenvalue weighted by molar-refractivity contribution is 5.80. The summed E-state index contributed by atoms with van der Waals surface area (Å²) in [5, 5.41) is 9.64. The van der Waals surface area contributed by atoms with E-state index in [1.54, 1.807) is 0 Å². The van der Waals surface area contributed by atoms with Crippen LogP contribution in [0.4, 0.5) is 0 Å². The second kappa shape index (κ2) is 7.39. The first-order valence-electron chi connectivity index (χ1n) is 8.32. The van der Waals surface area contributed by atoms with Crippen LogP contribution in [0.3, 0.4) is 0 Å². The van der Waals surface area contributed by atoms with E-state index in [9.17, 15) is 9.90 Å². The van der Waals surface area contributed by atoms with Crippen molar-refractivity contribution in [3.63, 3.8) is 0 Å². The number of carbonyl (C=O) groups is 1. The second-order valence-corrected chi connectivity index (χ2v) is 6.32. The summed E-state index contributed by atoms with van der Waals surface area (Å²) in [4.78, 5) is 11.8. The lowest BCUT2D eigenvalue weighted by molar-refractivity contribution is -0.137. The molecule has 0 saturated carbocycles. The number of aliphatic carboxylic acids is 1. The van der Waals surface area contributed by atoms with E-state index >= 15 is 0 Å². The fourth-order valence-corrected chi connectivity index (χ4v) is 2.93. The van der Waals surface area contributed by atoms with E-state index < -0.39 is 11.9 Å². The molecule has 0 amide bonds. The standard InChI is InChI=1S/C20H22O4/c1-14-3-2-12-23-17-8-4-15(5-9-17)19(20(21)22)16-6-10-18(11-7-16)24-13-14/h4-11,14,19H,2-3,12-13H2,1H3,(H,21,22). The predicted molar refractivity (Wildman–Crippen MR) is 91.8 cm³/mol. The number of fused-ring (bicyclic) bond motifs is 2. The van der Waals surface area contributed by atoms with Gasteiger partial charge in [-0.25, -0.2) is 0 Å². The van der Waals surface area contributed by atoms with Crippen molar-refractivity contribution >= 4 is 5.97 Å². The Morgan fingerprint density at radius 2 is 1.50 bits per heavy atom. The number of carboxylic acids is 1. The Balaban J connectivity index is 1.94. The quantitative estimate of drug-likeness (QED) is 0.857. The Morgan fingerprint density at radius 3 is 2.04 bits per heavy atom. The zero-order valence-corrected chi connectivity index (χ0v) is 13.8. The van der Waals surface area contributed by atoms with Crippen molar-refractivity contribution in [3.05, 3.63) is 59.7 Å². The lowest BCUT2D eigenvalue weighted by Gasteiger charge is -2.17. The lowest BCUT2D eigenvalue weighted by Crippen LogP contribution is -2.14. The molecule has 126 valence electrons. The molecule has 24 heavy (non-hydrogen) atoms. The summed E-state index contributed by atoms with van der Waals surface area (Å²) in [6, 6.07) is 14.7. The van der Waals surface area contributed by atoms with Crippen molar-refractivity contribution in [2.75, 3.05) is 13.2 Å². The van der Waals surface area contributed by atoms with Gasteiger partial charge in [-0.1, -0.05) is 31.2 Å². The van der Waals surface area contributed by atoms with Gasteiger partial charge in [0, 0.05) is 0 Å². The topological polar surface area (TPSA) is 55.8 Å². The Morgan fingerprint density at radius 1 is 0.958 bits per heavy atom. The van der Waals surface area contributed by atoms with Crippen LogP contribution in [0.5, 0.6) is 11.5 Å². The van der Waals surface area contributed by atoms with Gasteiger partial charge in [-0.05, 0) is 54.2 Å². The van der Waals surface area contributed by atoms with Crippen molar-refractivity contribution < 1.29 is 19.4 Å². The number of ether oxygens (including phenoxy) is 2. The Kier molecular flexibility index (Phi) is 5.04. The smallest absolute Gasteiger partial charge is 0.315 e. The van der Waals surface area contributed by atoms with Gasteiger partial charge in [-0.15, -0.1) is 0 Å². The molecule has 3 aliphatic rings. The zero-order chi connectivity index (χ0) is 16.9. The first-order valence-corrected chi connectivity index (χ1v) is 8.32. The molecule has 0 spiro atoms. The highest BCUT2D eigenvalue weighted by atomic mass is 16.5. The molecule has 2 unspecified atom stereocenters. The van der Waals surface area contributed by atoms with Gasteiger partial charge < -0.3 is 14.6 Å². The van der Waals surface area contributed by atoms with Gasteiger partial charge in [0.1, 0.15) is 17.4 Å². The maximum atomic E-state index is 11.8. The summed E-state index contributed by atoms with van der Waals surface area (Å²) in [7, 11) is 0. The first kappa shape index (κ1) is 16.4. The van der Waals surface area contributed by atoms with Crippen LogP contribution in [0.2, 0.25) is 0 Å². The first-order chi connectivity index (χ1) is 11.6.